The Morgan fingerprint density at radius 3 is 2.42 bits per heavy atom. The van der Waals surface area contributed by atoms with Gasteiger partial charge in [0.05, 0.1) is 11.4 Å². The van der Waals surface area contributed by atoms with Gasteiger partial charge in [-0.3, -0.25) is 0 Å². The summed E-state index contributed by atoms with van der Waals surface area (Å²) in [5.74, 6) is 0.605. The van der Waals surface area contributed by atoms with E-state index in [1.165, 1.54) is 4.31 Å². The number of benzene rings is 2. The molecule has 0 spiro atoms. The minimum absolute atomic E-state index is 0.431. The molecule has 1 aliphatic rings. The second-order valence-corrected chi connectivity index (χ2v) is 8.80. The first-order valence-corrected chi connectivity index (χ1v) is 10.5. The molecule has 1 aliphatic heterocycles. The summed E-state index contributed by atoms with van der Waals surface area (Å²) >= 11 is 0. The summed E-state index contributed by atoms with van der Waals surface area (Å²) in [5.41, 5.74) is 0.319. The summed E-state index contributed by atoms with van der Waals surface area (Å²) in [5, 5.41) is 0. The van der Waals surface area contributed by atoms with Crippen LogP contribution in [0.5, 0.6) is 5.75 Å². The highest BCUT2D eigenvalue weighted by molar-refractivity contribution is 7.93. The minimum atomic E-state index is -3.66. The zero-order chi connectivity index (χ0) is 18.7. The van der Waals surface area contributed by atoms with Gasteiger partial charge in [0.1, 0.15) is 5.75 Å². The lowest BCUT2D eigenvalue weighted by Gasteiger charge is -2.35. The molecule has 0 aromatic heterocycles. The van der Waals surface area contributed by atoms with E-state index in [9.17, 15) is 8.42 Å². The maximum atomic E-state index is 13.3. The van der Waals surface area contributed by atoms with Gasteiger partial charge in [-0.05, 0) is 58.1 Å². The highest BCUT2D eigenvalue weighted by Gasteiger charge is 2.40. The number of ether oxygens (including phenoxy) is 1. The standard InChI is InChI=1S/C20H26N2O3S/c1-16(2)21(3)15-9-14-20-25-19-13-8-7-12-18(19)22(26(20,23)24)17-10-5-4-6-11-17/h4-8,10-13,16,20H,9,14-15H2,1-3H3. The zero-order valence-corrected chi connectivity index (χ0v) is 16.3. The topological polar surface area (TPSA) is 49.9 Å². The maximum absolute atomic E-state index is 13.3. The van der Waals surface area contributed by atoms with Crippen LogP contribution >= 0.6 is 0 Å². The summed E-state index contributed by atoms with van der Waals surface area (Å²) in [7, 11) is -1.61. The molecule has 2 aromatic carbocycles. The van der Waals surface area contributed by atoms with Gasteiger partial charge in [-0.1, -0.05) is 30.3 Å². The van der Waals surface area contributed by atoms with Crippen molar-refractivity contribution in [2.45, 2.75) is 38.2 Å². The normalized spacial score (nSPS) is 18.7. The molecule has 2 aromatic rings. The molecule has 0 saturated heterocycles. The van der Waals surface area contributed by atoms with Gasteiger partial charge in [-0.2, -0.15) is 0 Å². The van der Waals surface area contributed by atoms with Crippen molar-refractivity contribution in [2.75, 3.05) is 17.9 Å². The van der Waals surface area contributed by atoms with E-state index in [-0.39, 0.29) is 0 Å². The van der Waals surface area contributed by atoms with Gasteiger partial charge >= 0.3 is 0 Å². The molecule has 0 N–H and O–H groups in total. The molecule has 0 fully saturated rings. The summed E-state index contributed by atoms with van der Waals surface area (Å²) in [6.45, 7) is 5.09. The van der Waals surface area contributed by atoms with Crippen molar-refractivity contribution >= 4 is 21.4 Å². The van der Waals surface area contributed by atoms with E-state index >= 15 is 0 Å². The van der Waals surface area contributed by atoms with E-state index < -0.39 is 15.5 Å². The first-order valence-electron chi connectivity index (χ1n) is 8.96. The molecular formula is C20H26N2O3S. The Bertz CT molecular complexity index is 837. The average molecular weight is 375 g/mol. The lowest BCUT2D eigenvalue weighted by Crippen LogP contribution is -2.43. The molecule has 0 radical (unpaired) electrons. The van der Waals surface area contributed by atoms with Gasteiger partial charge in [-0.25, -0.2) is 12.7 Å². The van der Waals surface area contributed by atoms with E-state index in [4.69, 9.17) is 4.74 Å². The highest BCUT2D eigenvalue weighted by Crippen LogP contribution is 2.42. The molecule has 5 nitrogen and oxygen atoms in total. The van der Waals surface area contributed by atoms with Crippen molar-refractivity contribution in [3.8, 4) is 5.75 Å². The monoisotopic (exact) mass is 374 g/mol. The lowest BCUT2D eigenvalue weighted by atomic mass is 10.2. The fourth-order valence-electron chi connectivity index (χ4n) is 3.00. The SMILES string of the molecule is CC(C)N(C)CCCC1Oc2ccccc2N(c2ccccc2)S1(=O)=O. The van der Waals surface area contributed by atoms with E-state index in [2.05, 4.69) is 18.7 Å². The Morgan fingerprint density at radius 2 is 1.73 bits per heavy atom. The first-order chi connectivity index (χ1) is 12.4. The van der Waals surface area contributed by atoms with Crippen molar-refractivity contribution in [3.63, 3.8) is 0 Å². The van der Waals surface area contributed by atoms with E-state index in [1.807, 2.05) is 55.6 Å². The smallest absolute Gasteiger partial charge is 0.277 e. The van der Waals surface area contributed by atoms with Crippen molar-refractivity contribution < 1.29 is 13.2 Å². The molecule has 0 amide bonds. The predicted octanol–water partition coefficient (Wildman–Crippen LogP) is 3.99. The fraction of sp³-hybridized carbons (Fsp3) is 0.400. The van der Waals surface area contributed by atoms with Crippen LogP contribution < -0.4 is 9.04 Å². The summed E-state index contributed by atoms with van der Waals surface area (Å²) in [6, 6.07) is 16.9. The second-order valence-electron chi connectivity index (χ2n) is 6.88. The third kappa shape index (κ3) is 3.71. The third-order valence-corrected chi connectivity index (χ3v) is 6.66. The van der Waals surface area contributed by atoms with Crippen LogP contribution in [-0.4, -0.2) is 38.4 Å². The average Bonchev–Trinajstić information content (AvgIpc) is 2.62. The lowest BCUT2D eigenvalue weighted by molar-refractivity contribution is 0.226. The molecule has 1 heterocycles. The van der Waals surface area contributed by atoms with Crippen LogP contribution in [0.2, 0.25) is 0 Å². The number of fused-ring (bicyclic) bond motifs is 1. The molecule has 3 rings (SSSR count). The molecule has 140 valence electrons. The summed E-state index contributed by atoms with van der Waals surface area (Å²) in [6.07, 6.45) is 1.21. The van der Waals surface area contributed by atoms with Crippen LogP contribution in [0.25, 0.3) is 0 Å². The molecule has 1 atom stereocenters. The molecule has 0 saturated carbocycles. The maximum Gasteiger partial charge on any atom is 0.277 e. The molecule has 0 aliphatic carbocycles. The number of hydrogen-bond acceptors (Lipinski definition) is 4. The van der Waals surface area contributed by atoms with E-state index in [0.29, 0.717) is 29.6 Å². The molecule has 6 heteroatoms. The number of hydrogen-bond donors (Lipinski definition) is 0. The molecule has 0 bridgehead atoms. The van der Waals surface area contributed by atoms with Gasteiger partial charge < -0.3 is 9.64 Å². The number of nitrogens with zero attached hydrogens (tertiary/aromatic N) is 2. The Labute approximate surface area is 156 Å². The van der Waals surface area contributed by atoms with E-state index in [1.54, 1.807) is 6.07 Å². The van der Waals surface area contributed by atoms with Crippen LogP contribution in [0, 0.1) is 0 Å². The number of anilines is 2. The van der Waals surface area contributed by atoms with Crippen LogP contribution in [0.15, 0.2) is 54.6 Å². The van der Waals surface area contributed by atoms with Gasteiger partial charge in [0.25, 0.3) is 10.0 Å². The van der Waals surface area contributed by atoms with Crippen LogP contribution in [0.3, 0.4) is 0 Å². The fourth-order valence-corrected chi connectivity index (χ4v) is 4.77. The highest BCUT2D eigenvalue weighted by atomic mass is 32.2. The van der Waals surface area contributed by atoms with Crippen LogP contribution in [0.1, 0.15) is 26.7 Å². The van der Waals surface area contributed by atoms with Crippen LogP contribution in [-0.2, 0) is 10.0 Å². The Balaban J connectivity index is 1.89. The number of para-hydroxylation sites is 3. The minimum Gasteiger partial charge on any atom is -0.470 e. The van der Waals surface area contributed by atoms with Gasteiger partial charge in [0, 0.05) is 12.5 Å². The van der Waals surface area contributed by atoms with Gasteiger partial charge in [0.2, 0.25) is 5.44 Å². The zero-order valence-electron chi connectivity index (χ0n) is 15.5. The molecular weight excluding hydrogens is 348 g/mol. The van der Waals surface area contributed by atoms with Crippen LogP contribution in [0.4, 0.5) is 11.4 Å². The van der Waals surface area contributed by atoms with Crippen molar-refractivity contribution in [1.29, 1.82) is 0 Å². The van der Waals surface area contributed by atoms with Crippen molar-refractivity contribution in [2.24, 2.45) is 0 Å². The third-order valence-electron chi connectivity index (χ3n) is 4.75. The quantitative estimate of drug-likeness (QED) is 0.767. The Hall–Kier alpha value is -2.05. The number of rotatable bonds is 6. The van der Waals surface area contributed by atoms with Gasteiger partial charge in [0.15, 0.2) is 0 Å². The van der Waals surface area contributed by atoms with Crippen molar-refractivity contribution in [1.82, 2.24) is 4.90 Å². The molecule has 1 unspecified atom stereocenters. The Kier molecular flexibility index (Phi) is 5.53. The van der Waals surface area contributed by atoms with E-state index in [0.717, 1.165) is 13.0 Å². The second kappa shape index (κ2) is 7.68. The summed E-state index contributed by atoms with van der Waals surface area (Å²) in [4.78, 5) is 2.21. The molecule has 26 heavy (non-hydrogen) atoms. The largest absolute Gasteiger partial charge is 0.470 e. The van der Waals surface area contributed by atoms with Gasteiger partial charge in [-0.15, -0.1) is 0 Å². The van der Waals surface area contributed by atoms with Crippen molar-refractivity contribution in [3.05, 3.63) is 54.6 Å². The first kappa shape index (κ1) is 18.7. The number of sulfonamides is 1. The summed E-state index contributed by atoms with van der Waals surface area (Å²) < 4.78 is 33.9. The Morgan fingerprint density at radius 1 is 1.08 bits per heavy atom. The predicted molar refractivity (Wildman–Crippen MR) is 105 cm³/mol.